The molecule has 0 aromatic carbocycles. The summed E-state index contributed by atoms with van der Waals surface area (Å²) < 4.78 is 72.1. The molecule has 0 aliphatic heterocycles. The van der Waals surface area contributed by atoms with Crippen molar-refractivity contribution >= 4 is 0 Å². The van der Waals surface area contributed by atoms with Gasteiger partial charge >= 0.3 is 27.3 Å². The molecule has 0 unspecified atom stereocenters. The summed E-state index contributed by atoms with van der Waals surface area (Å²) in [6, 6.07) is 0. The maximum absolute atomic E-state index is 9.58. The van der Waals surface area contributed by atoms with Crippen molar-refractivity contribution in [2.45, 2.75) is 0 Å². The van der Waals surface area contributed by atoms with Crippen LogP contribution in [0.4, 0.5) is 26.3 Å². The number of rotatable bonds is 6. The van der Waals surface area contributed by atoms with Crippen molar-refractivity contribution in [2.75, 3.05) is 40.6 Å². The van der Waals surface area contributed by atoms with Crippen LogP contribution in [-0.4, -0.2) is 40.6 Å². The van der Waals surface area contributed by atoms with E-state index in [4.69, 9.17) is 14.2 Å². The number of ether oxygens (including phenoxy) is 3. The number of halogens is 6. The Labute approximate surface area is 122 Å². The largest absolute Gasteiger partial charge is 2.00 e. The zero-order valence-corrected chi connectivity index (χ0v) is 14.1. The third kappa shape index (κ3) is 95.2. The normalized spacial score (nSPS) is 9.00. The minimum atomic E-state index is -3.08. The molecule has 0 heterocycles. The predicted octanol–water partition coefficient (Wildman–Crippen LogP) is 2.98. The molecule has 0 fully saturated rings. The topological polar surface area (TPSA) is 27.7 Å². The Bertz CT molecular complexity index is 105. The molecule has 0 N–H and O–H groups in total. The monoisotopic (exact) mass is 386 g/mol. The van der Waals surface area contributed by atoms with Gasteiger partial charge in [0, 0.05) is 14.2 Å². The van der Waals surface area contributed by atoms with Crippen LogP contribution < -0.4 is 0 Å². The quantitative estimate of drug-likeness (QED) is 0.305. The van der Waals surface area contributed by atoms with Crippen LogP contribution in [0.2, 0.25) is 0 Å². The van der Waals surface area contributed by atoms with E-state index in [9.17, 15) is 26.3 Å². The molecule has 3 nitrogen and oxygen atoms in total. The van der Waals surface area contributed by atoms with Gasteiger partial charge in [-0.3, -0.25) is 0 Å². The van der Waals surface area contributed by atoms with Gasteiger partial charge in [-0.2, -0.15) is 0 Å². The summed E-state index contributed by atoms with van der Waals surface area (Å²) in [6.45, 7) is -3.55. The van der Waals surface area contributed by atoms with Crippen molar-refractivity contribution in [1.29, 1.82) is 0 Å². The van der Waals surface area contributed by atoms with Gasteiger partial charge in [-0.15, -0.1) is 0 Å². The van der Waals surface area contributed by atoms with E-state index in [1.165, 1.54) is 0 Å². The smallest absolute Gasteiger partial charge is 0.385 e. The van der Waals surface area contributed by atoms with Crippen molar-refractivity contribution in [3.63, 3.8) is 0 Å². The molecule has 0 atom stereocenters. The molecule has 10 heteroatoms. The summed E-state index contributed by atoms with van der Waals surface area (Å²) in [4.78, 5) is 0. The minimum absolute atomic E-state index is 0. The first-order valence-corrected chi connectivity index (χ1v) is 4.11. The Morgan fingerprint density at radius 2 is 0.889 bits per heavy atom. The van der Waals surface area contributed by atoms with E-state index < -0.39 is 13.4 Å². The Hall–Kier alpha value is 0.382. The van der Waals surface area contributed by atoms with Gasteiger partial charge in [-0.1, -0.05) is 0 Å². The molecule has 0 bridgehead atoms. The third-order valence-electron chi connectivity index (χ3n) is 0.864. The van der Waals surface area contributed by atoms with Crippen LogP contribution in [0.15, 0.2) is 0 Å². The molecule has 0 aromatic heterocycles. The maximum atomic E-state index is 9.58. The van der Waals surface area contributed by atoms with E-state index in [1.807, 2.05) is 0 Å². The van der Waals surface area contributed by atoms with Crippen LogP contribution in [0, 0.1) is 13.4 Å². The van der Waals surface area contributed by atoms with Crippen LogP contribution in [0.3, 0.4) is 0 Å². The van der Waals surface area contributed by atoms with E-state index in [1.54, 1.807) is 14.2 Å². The van der Waals surface area contributed by atoms with Gasteiger partial charge in [0.05, 0.1) is 26.4 Å². The van der Waals surface area contributed by atoms with Crippen molar-refractivity contribution in [3.05, 3.63) is 13.4 Å². The predicted molar refractivity (Wildman–Crippen MR) is 47.7 cm³/mol. The third-order valence-corrected chi connectivity index (χ3v) is 0.864. The Kier molecular flexibility index (Phi) is 38.9. The summed E-state index contributed by atoms with van der Waals surface area (Å²) in [6.07, 6.45) is 0. The van der Waals surface area contributed by atoms with E-state index in [2.05, 4.69) is 0 Å². The molecule has 0 saturated carbocycles. The fourth-order valence-corrected chi connectivity index (χ4v) is 0.387. The zero-order valence-electron chi connectivity index (χ0n) is 10.0. The molecule has 0 saturated heterocycles. The standard InChI is InChI=1S/C6H14O3.2CF3.Cd/c1-7-3-5-9-6-4-8-2;2*2-1(3)4;/h3-6H2,1-2H3;;;/q;2*-1;+2. The van der Waals surface area contributed by atoms with E-state index in [0.29, 0.717) is 26.4 Å². The van der Waals surface area contributed by atoms with Crippen molar-refractivity contribution in [2.24, 2.45) is 0 Å². The van der Waals surface area contributed by atoms with Crippen molar-refractivity contribution < 1.29 is 67.9 Å². The van der Waals surface area contributed by atoms with E-state index >= 15 is 0 Å². The first-order chi connectivity index (χ1) is 7.88. The van der Waals surface area contributed by atoms with Crippen LogP contribution in [0.25, 0.3) is 0 Å². The van der Waals surface area contributed by atoms with Gasteiger partial charge < -0.3 is 40.6 Å². The fourth-order valence-electron chi connectivity index (χ4n) is 0.387. The molecule has 0 spiro atoms. The molecular weight excluding hydrogens is 370 g/mol. The molecule has 18 heavy (non-hydrogen) atoms. The minimum Gasteiger partial charge on any atom is -0.385 e. The number of hydrogen-bond donors (Lipinski definition) is 0. The van der Waals surface area contributed by atoms with Gasteiger partial charge in [0.2, 0.25) is 0 Å². The molecule has 108 valence electrons. The van der Waals surface area contributed by atoms with Crippen molar-refractivity contribution in [3.8, 4) is 0 Å². The summed E-state index contributed by atoms with van der Waals surface area (Å²) in [7, 11) is 3.30. The maximum Gasteiger partial charge on any atom is 2.00 e. The van der Waals surface area contributed by atoms with Crippen LogP contribution >= 0.6 is 0 Å². The second kappa shape index (κ2) is 26.0. The first kappa shape index (κ1) is 26.9. The Balaban J connectivity index is -0.0000000922. The Morgan fingerprint density at radius 1 is 0.667 bits per heavy atom. The molecule has 0 rings (SSSR count). The van der Waals surface area contributed by atoms with Gasteiger partial charge in [0.1, 0.15) is 0 Å². The molecule has 0 aromatic rings. The fraction of sp³-hybridized carbons (Fsp3) is 0.750. The van der Waals surface area contributed by atoms with Gasteiger partial charge in [0.25, 0.3) is 0 Å². The van der Waals surface area contributed by atoms with Crippen LogP contribution in [0.1, 0.15) is 0 Å². The van der Waals surface area contributed by atoms with Gasteiger partial charge in [0.15, 0.2) is 13.4 Å². The first-order valence-electron chi connectivity index (χ1n) is 4.11. The van der Waals surface area contributed by atoms with Crippen molar-refractivity contribution in [1.82, 2.24) is 0 Å². The van der Waals surface area contributed by atoms with E-state index in [0.717, 1.165) is 0 Å². The molecule has 0 amide bonds. The summed E-state index contributed by atoms with van der Waals surface area (Å²) in [5.74, 6) is 0. The average molecular weight is 385 g/mol. The number of methoxy groups -OCH3 is 2. The Morgan fingerprint density at radius 3 is 1.06 bits per heavy atom. The van der Waals surface area contributed by atoms with Gasteiger partial charge in [-0.25, -0.2) is 0 Å². The molecule has 0 aliphatic carbocycles. The molecule has 0 aliphatic rings. The van der Waals surface area contributed by atoms with Gasteiger partial charge in [-0.05, 0) is 0 Å². The number of hydrogen-bond acceptors (Lipinski definition) is 3. The van der Waals surface area contributed by atoms with Crippen LogP contribution in [-0.2, 0) is 41.5 Å². The van der Waals surface area contributed by atoms with E-state index in [-0.39, 0.29) is 27.3 Å². The van der Waals surface area contributed by atoms with Crippen LogP contribution in [0.5, 0.6) is 0 Å². The second-order valence-electron chi connectivity index (χ2n) is 2.03. The molecular formula is C8H14CdF6O3. The zero-order chi connectivity index (χ0) is 14.1. The summed E-state index contributed by atoms with van der Waals surface area (Å²) in [5, 5.41) is 0. The summed E-state index contributed by atoms with van der Waals surface area (Å²) in [5.41, 5.74) is 0. The summed E-state index contributed by atoms with van der Waals surface area (Å²) >= 11 is 0. The SMILES string of the molecule is COCCOCCOC.F[C-](F)F.F[C-](F)F.[Cd+2]. The average Bonchev–Trinajstić information content (AvgIpc) is 2.16. The second-order valence-corrected chi connectivity index (χ2v) is 2.03. The molecule has 0 radical (unpaired) electrons.